The number of nitrogens with one attached hydrogen (secondary N) is 1. The number of thioether (sulfide) groups is 1. The average Bonchev–Trinajstić information content (AvgIpc) is 3.11. The zero-order chi connectivity index (χ0) is 16.8. The maximum absolute atomic E-state index is 12.2. The molecule has 0 saturated carbocycles. The molecule has 0 amide bonds. The Labute approximate surface area is 148 Å². The maximum atomic E-state index is 12.2. The largest absolute Gasteiger partial charge is 0.258 e. The van der Waals surface area contributed by atoms with Crippen LogP contribution < -0.4 is 0 Å². The summed E-state index contributed by atoms with van der Waals surface area (Å²) in [6.45, 7) is 2.14. The van der Waals surface area contributed by atoms with Gasteiger partial charge in [-0.15, -0.1) is 5.10 Å². The predicted octanol–water partition coefficient (Wildman–Crippen LogP) is 3.93. The summed E-state index contributed by atoms with van der Waals surface area (Å²) in [6.07, 6.45) is 1.02. The van der Waals surface area contributed by atoms with Crippen LogP contribution in [0.4, 0.5) is 0 Å². The minimum absolute atomic E-state index is 0.587. The highest BCUT2D eigenvalue weighted by Gasteiger charge is 2.08. The lowest BCUT2D eigenvalue weighted by molar-refractivity contribution is 0.684. The van der Waals surface area contributed by atoms with Crippen molar-refractivity contribution in [3.05, 3.63) is 60.2 Å². The van der Waals surface area contributed by atoms with Crippen LogP contribution in [0.25, 0.3) is 11.4 Å². The minimum Gasteiger partial charge on any atom is -0.258 e. The fourth-order valence-electron chi connectivity index (χ4n) is 2.24. The Morgan fingerprint density at radius 2 is 1.83 bits per heavy atom. The Morgan fingerprint density at radius 1 is 1.08 bits per heavy atom. The van der Waals surface area contributed by atoms with E-state index in [-0.39, 0.29) is 0 Å². The number of benzene rings is 2. The van der Waals surface area contributed by atoms with Gasteiger partial charge in [-0.3, -0.25) is 9.31 Å². The molecule has 4 nitrogen and oxygen atoms in total. The molecule has 0 aliphatic carbocycles. The van der Waals surface area contributed by atoms with Gasteiger partial charge in [0.2, 0.25) is 5.16 Å². The van der Waals surface area contributed by atoms with Crippen molar-refractivity contribution in [1.29, 1.82) is 0 Å². The van der Waals surface area contributed by atoms with E-state index in [0.29, 0.717) is 16.7 Å². The SMILES string of the molecule is CCc1ccc(-c2nc(SCCS(=O)c3ccccc3)n[nH]2)cc1. The molecule has 0 bridgehead atoms. The number of aromatic nitrogens is 3. The van der Waals surface area contributed by atoms with Crippen LogP contribution in [-0.2, 0) is 17.2 Å². The van der Waals surface area contributed by atoms with E-state index in [4.69, 9.17) is 0 Å². The second kappa shape index (κ2) is 8.26. The molecular weight excluding hydrogens is 338 g/mol. The molecule has 3 aromatic rings. The molecule has 0 aliphatic rings. The third kappa shape index (κ3) is 4.33. The van der Waals surface area contributed by atoms with Crippen molar-refractivity contribution in [2.45, 2.75) is 23.4 Å². The zero-order valence-electron chi connectivity index (χ0n) is 13.4. The molecule has 24 heavy (non-hydrogen) atoms. The summed E-state index contributed by atoms with van der Waals surface area (Å²) in [7, 11) is -0.977. The predicted molar refractivity (Wildman–Crippen MR) is 99.6 cm³/mol. The Balaban J connectivity index is 1.55. The fourth-order valence-corrected chi connectivity index (χ4v) is 4.32. The molecule has 6 heteroatoms. The molecule has 0 saturated heterocycles. The zero-order valence-corrected chi connectivity index (χ0v) is 15.1. The van der Waals surface area contributed by atoms with Crippen LogP contribution in [0.1, 0.15) is 12.5 Å². The Hall–Kier alpha value is -1.92. The second-order valence-corrected chi connectivity index (χ2v) is 7.86. The van der Waals surface area contributed by atoms with E-state index in [0.717, 1.165) is 22.7 Å². The number of rotatable bonds is 7. The van der Waals surface area contributed by atoms with Gasteiger partial charge in [0.25, 0.3) is 0 Å². The summed E-state index contributed by atoms with van der Waals surface area (Å²) in [5, 5.41) is 7.89. The number of aryl methyl sites for hydroxylation is 1. The molecular formula is C18H19N3OS2. The topological polar surface area (TPSA) is 58.6 Å². The van der Waals surface area contributed by atoms with E-state index in [1.165, 1.54) is 17.3 Å². The van der Waals surface area contributed by atoms with Gasteiger partial charge >= 0.3 is 0 Å². The summed E-state index contributed by atoms with van der Waals surface area (Å²) in [5.74, 6) is 2.07. The van der Waals surface area contributed by atoms with Gasteiger partial charge in [-0.2, -0.15) is 0 Å². The van der Waals surface area contributed by atoms with Gasteiger partial charge in [0.15, 0.2) is 5.82 Å². The van der Waals surface area contributed by atoms with Gasteiger partial charge in [-0.05, 0) is 24.1 Å². The van der Waals surface area contributed by atoms with Crippen molar-refractivity contribution in [3.8, 4) is 11.4 Å². The lowest BCUT2D eigenvalue weighted by Gasteiger charge is -2.00. The monoisotopic (exact) mass is 357 g/mol. The first-order valence-electron chi connectivity index (χ1n) is 7.84. The van der Waals surface area contributed by atoms with Crippen molar-refractivity contribution in [1.82, 2.24) is 15.2 Å². The summed E-state index contributed by atoms with van der Waals surface area (Å²) < 4.78 is 12.2. The van der Waals surface area contributed by atoms with E-state index in [1.807, 2.05) is 30.3 Å². The lowest BCUT2D eigenvalue weighted by Crippen LogP contribution is -2.00. The summed E-state index contributed by atoms with van der Waals surface area (Å²) in [5.41, 5.74) is 2.33. The van der Waals surface area contributed by atoms with Crippen LogP contribution >= 0.6 is 11.8 Å². The number of nitrogens with zero attached hydrogens (tertiary/aromatic N) is 2. The van der Waals surface area contributed by atoms with Crippen LogP contribution in [0.5, 0.6) is 0 Å². The van der Waals surface area contributed by atoms with Gasteiger partial charge in [-0.1, -0.05) is 61.2 Å². The first-order chi connectivity index (χ1) is 11.8. The Bertz CT molecular complexity index is 801. The number of H-pyrrole nitrogens is 1. The smallest absolute Gasteiger partial charge is 0.208 e. The third-order valence-corrected chi connectivity index (χ3v) is 6.09. The molecule has 1 atom stereocenters. The van der Waals surface area contributed by atoms with Gasteiger partial charge in [0, 0.05) is 22.0 Å². The summed E-state index contributed by atoms with van der Waals surface area (Å²) in [6, 6.07) is 17.9. The Kier molecular flexibility index (Phi) is 5.82. The second-order valence-electron chi connectivity index (χ2n) is 5.23. The lowest BCUT2D eigenvalue weighted by atomic mass is 10.1. The molecule has 0 radical (unpaired) electrons. The van der Waals surface area contributed by atoms with E-state index in [1.54, 1.807) is 0 Å². The van der Waals surface area contributed by atoms with Crippen molar-refractivity contribution < 1.29 is 4.21 Å². The van der Waals surface area contributed by atoms with Gasteiger partial charge in [-0.25, -0.2) is 4.98 Å². The van der Waals surface area contributed by atoms with Crippen molar-refractivity contribution in [2.75, 3.05) is 11.5 Å². The van der Waals surface area contributed by atoms with E-state index >= 15 is 0 Å². The van der Waals surface area contributed by atoms with Gasteiger partial charge in [0.05, 0.1) is 10.8 Å². The summed E-state index contributed by atoms with van der Waals surface area (Å²) >= 11 is 1.52. The average molecular weight is 358 g/mol. The highest BCUT2D eigenvalue weighted by atomic mass is 32.2. The minimum atomic E-state index is -0.977. The van der Waals surface area contributed by atoms with E-state index in [2.05, 4.69) is 46.4 Å². The molecule has 1 aromatic heterocycles. The van der Waals surface area contributed by atoms with Gasteiger partial charge < -0.3 is 0 Å². The highest BCUT2D eigenvalue weighted by molar-refractivity contribution is 8.00. The van der Waals surface area contributed by atoms with Crippen molar-refractivity contribution in [3.63, 3.8) is 0 Å². The fraction of sp³-hybridized carbons (Fsp3) is 0.222. The van der Waals surface area contributed by atoms with Crippen LogP contribution in [0.3, 0.4) is 0 Å². The summed E-state index contributed by atoms with van der Waals surface area (Å²) in [4.78, 5) is 5.37. The molecule has 0 aliphatic heterocycles. The van der Waals surface area contributed by atoms with Crippen LogP contribution in [0.2, 0.25) is 0 Å². The quantitative estimate of drug-likeness (QED) is 0.651. The number of aromatic amines is 1. The standard InChI is InChI=1S/C18H19N3OS2/c1-2-14-8-10-15(11-9-14)17-19-18(21-20-17)23-12-13-24(22)16-6-4-3-5-7-16/h3-11H,2,12-13H2,1H3,(H,19,20,21). The van der Waals surface area contributed by atoms with Gasteiger partial charge in [0.1, 0.15) is 0 Å². The maximum Gasteiger partial charge on any atom is 0.208 e. The highest BCUT2D eigenvalue weighted by Crippen LogP contribution is 2.20. The number of hydrogen-bond donors (Lipinski definition) is 1. The van der Waals surface area contributed by atoms with Crippen LogP contribution in [-0.4, -0.2) is 30.9 Å². The van der Waals surface area contributed by atoms with Crippen LogP contribution in [0.15, 0.2) is 64.6 Å². The first-order valence-corrected chi connectivity index (χ1v) is 10.1. The molecule has 124 valence electrons. The molecule has 1 N–H and O–H groups in total. The van der Waals surface area contributed by atoms with E-state index < -0.39 is 10.8 Å². The molecule has 2 aromatic carbocycles. The third-order valence-electron chi connectivity index (χ3n) is 3.61. The Morgan fingerprint density at radius 3 is 2.54 bits per heavy atom. The van der Waals surface area contributed by atoms with Crippen LogP contribution in [0, 0.1) is 0 Å². The molecule has 0 spiro atoms. The van der Waals surface area contributed by atoms with E-state index in [9.17, 15) is 4.21 Å². The van der Waals surface area contributed by atoms with Crippen molar-refractivity contribution in [2.24, 2.45) is 0 Å². The molecule has 0 fully saturated rings. The molecule has 1 heterocycles. The number of hydrogen-bond acceptors (Lipinski definition) is 4. The molecule has 3 rings (SSSR count). The van der Waals surface area contributed by atoms with Crippen molar-refractivity contribution >= 4 is 22.6 Å². The molecule has 1 unspecified atom stereocenters. The first kappa shape index (κ1) is 16.9. The normalized spacial score (nSPS) is 12.2.